The Morgan fingerprint density at radius 1 is 1.41 bits per heavy atom. The van der Waals surface area contributed by atoms with Crippen LogP contribution in [0, 0.1) is 5.53 Å². The SMILES string of the molecule is N=[N+]=NC1CN(C(=O)[O-])CC1NC(=O)OCc1ccccc1. The van der Waals surface area contributed by atoms with Gasteiger partial charge in [-0.1, -0.05) is 30.3 Å². The number of nitrogens with zero attached hydrogens (tertiary/aromatic N) is 3. The van der Waals surface area contributed by atoms with Crippen molar-refractivity contribution >= 4 is 12.2 Å². The molecule has 9 nitrogen and oxygen atoms in total. The van der Waals surface area contributed by atoms with Crippen molar-refractivity contribution in [2.24, 2.45) is 5.11 Å². The molecule has 0 spiro atoms. The molecule has 0 bridgehead atoms. The highest BCUT2D eigenvalue weighted by atomic mass is 16.5. The normalized spacial score (nSPS) is 20.1. The van der Waals surface area contributed by atoms with E-state index in [0.29, 0.717) is 0 Å². The van der Waals surface area contributed by atoms with E-state index in [1.54, 1.807) is 0 Å². The number of benzene rings is 1. The van der Waals surface area contributed by atoms with Crippen molar-refractivity contribution in [3.8, 4) is 0 Å². The third-order valence-electron chi connectivity index (χ3n) is 3.27. The fraction of sp³-hybridized carbons (Fsp3) is 0.385. The Bertz CT molecular complexity index is 587. The lowest BCUT2D eigenvalue weighted by molar-refractivity contribution is -0.264. The maximum absolute atomic E-state index is 11.8. The number of hydrogen-bond acceptors (Lipinski definition) is 6. The van der Waals surface area contributed by atoms with Crippen molar-refractivity contribution in [2.75, 3.05) is 13.1 Å². The van der Waals surface area contributed by atoms with E-state index >= 15 is 0 Å². The molecule has 0 radical (unpaired) electrons. The van der Waals surface area contributed by atoms with Crippen LogP contribution in [0.4, 0.5) is 9.59 Å². The third-order valence-corrected chi connectivity index (χ3v) is 3.27. The average molecular weight is 305 g/mol. The second-order valence-corrected chi connectivity index (χ2v) is 4.77. The molecule has 116 valence electrons. The van der Waals surface area contributed by atoms with Crippen LogP contribution in [-0.4, -0.2) is 42.3 Å². The maximum Gasteiger partial charge on any atom is 0.407 e. The van der Waals surface area contributed by atoms with Crippen LogP contribution in [-0.2, 0) is 11.3 Å². The van der Waals surface area contributed by atoms with Gasteiger partial charge in [0.15, 0.2) is 6.04 Å². The van der Waals surface area contributed by atoms with E-state index in [1.165, 1.54) is 0 Å². The van der Waals surface area contributed by atoms with E-state index in [4.69, 9.17) is 10.3 Å². The molecule has 2 rings (SSSR count). The van der Waals surface area contributed by atoms with E-state index in [1.807, 2.05) is 30.3 Å². The molecule has 1 saturated heterocycles. The van der Waals surface area contributed by atoms with Gasteiger partial charge in [-0.05, 0) is 5.56 Å². The van der Waals surface area contributed by atoms with Gasteiger partial charge in [-0.15, -0.1) is 0 Å². The van der Waals surface area contributed by atoms with Crippen molar-refractivity contribution in [2.45, 2.75) is 18.7 Å². The molecule has 1 aliphatic heterocycles. The molecule has 1 aromatic rings. The lowest BCUT2D eigenvalue weighted by Gasteiger charge is -2.18. The van der Waals surface area contributed by atoms with Gasteiger partial charge in [-0.25, -0.2) is 4.79 Å². The molecule has 1 aliphatic rings. The Labute approximate surface area is 126 Å². The first kappa shape index (κ1) is 15.5. The van der Waals surface area contributed by atoms with Crippen molar-refractivity contribution < 1.29 is 19.4 Å². The summed E-state index contributed by atoms with van der Waals surface area (Å²) in [4.78, 5) is 26.5. The van der Waals surface area contributed by atoms with Crippen LogP contribution < -0.4 is 15.3 Å². The Morgan fingerprint density at radius 3 is 2.77 bits per heavy atom. The van der Waals surface area contributed by atoms with E-state index in [9.17, 15) is 14.7 Å². The topological polar surface area (TPSA) is 132 Å². The Hall–Kier alpha value is -2.93. The van der Waals surface area contributed by atoms with Crippen molar-refractivity contribution in [1.82, 2.24) is 15.1 Å². The number of alkyl carbamates (subject to hydrolysis) is 1. The monoisotopic (exact) mass is 305 g/mol. The molecular formula is C13H15N5O4. The Kier molecular flexibility index (Phi) is 5.05. The maximum atomic E-state index is 11.8. The molecule has 0 saturated carbocycles. The summed E-state index contributed by atoms with van der Waals surface area (Å²) >= 11 is 0. The minimum atomic E-state index is -1.35. The highest BCUT2D eigenvalue weighted by Crippen LogP contribution is 2.13. The fourth-order valence-corrected chi connectivity index (χ4v) is 2.18. The van der Waals surface area contributed by atoms with Crippen molar-refractivity contribution in [3.05, 3.63) is 35.9 Å². The smallest absolute Gasteiger partial charge is 0.407 e. The predicted molar refractivity (Wildman–Crippen MR) is 71.6 cm³/mol. The van der Waals surface area contributed by atoms with Gasteiger partial charge < -0.3 is 24.9 Å². The van der Waals surface area contributed by atoms with E-state index in [-0.39, 0.29) is 19.7 Å². The molecule has 9 heteroatoms. The number of rotatable bonds is 4. The molecule has 22 heavy (non-hydrogen) atoms. The second-order valence-electron chi connectivity index (χ2n) is 4.77. The first-order valence-corrected chi connectivity index (χ1v) is 6.60. The van der Waals surface area contributed by atoms with Gasteiger partial charge in [-0.3, -0.25) is 0 Å². The zero-order valence-electron chi connectivity index (χ0n) is 11.6. The Balaban J connectivity index is 1.89. The molecular weight excluding hydrogens is 290 g/mol. The zero-order valence-corrected chi connectivity index (χ0v) is 11.6. The van der Waals surface area contributed by atoms with Gasteiger partial charge in [0.25, 0.3) is 0 Å². The minimum Gasteiger partial charge on any atom is -0.530 e. The molecule has 2 amide bonds. The van der Waals surface area contributed by atoms with Crippen LogP contribution in [0.2, 0.25) is 0 Å². The molecule has 1 aromatic carbocycles. The second kappa shape index (κ2) is 7.19. The number of carbonyl (C=O) groups is 2. The van der Waals surface area contributed by atoms with Crippen molar-refractivity contribution in [1.29, 1.82) is 5.53 Å². The third kappa shape index (κ3) is 4.03. The van der Waals surface area contributed by atoms with Crippen LogP contribution in [0.15, 0.2) is 35.4 Å². The number of ether oxygens (including phenoxy) is 1. The molecule has 0 aliphatic carbocycles. The summed E-state index contributed by atoms with van der Waals surface area (Å²) in [6.07, 6.45) is -2.04. The van der Waals surface area contributed by atoms with E-state index < -0.39 is 24.3 Å². The summed E-state index contributed by atoms with van der Waals surface area (Å²) in [5.41, 5.74) is 7.58. The number of hydrogen-bond donors (Lipinski definition) is 2. The summed E-state index contributed by atoms with van der Waals surface area (Å²) < 4.78 is 5.06. The quantitative estimate of drug-likeness (QED) is 0.591. The molecule has 0 aromatic heterocycles. The summed E-state index contributed by atoms with van der Waals surface area (Å²) in [6.45, 7) is 0.148. The molecule has 2 N–H and O–H groups in total. The lowest BCUT2D eigenvalue weighted by Crippen LogP contribution is -2.44. The number of carboxylic acid groups (broad SMARTS) is 1. The summed E-state index contributed by atoms with van der Waals surface area (Å²) in [6, 6.07) is 7.92. The summed E-state index contributed by atoms with van der Waals surface area (Å²) in [7, 11) is 0. The van der Waals surface area contributed by atoms with Crippen LogP contribution in [0.25, 0.3) is 0 Å². The molecule has 1 heterocycles. The van der Waals surface area contributed by atoms with Gasteiger partial charge >= 0.3 is 6.09 Å². The Morgan fingerprint density at radius 2 is 2.14 bits per heavy atom. The average Bonchev–Trinajstić information content (AvgIpc) is 2.90. The van der Waals surface area contributed by atoms with E-state index in [2.05, 4.69) is 15.3 Å². The first-order chi connectivity index (χ1) is 10.6. The zero-order chi connectivity index (χ0) is 15.9. The van der Waals surface area contributed by atoms with Gasteiger partial charge in [0.1, 0.15) is 23.3 Å². The first-order valence-electron chi connectivity index (χ1n) is 6.60. The number of carbonyl (C=O) groups excluding carboxylic acids is 2. The van der Waals surface area contributed by atoms with Crippen LogP contribution in [0.5, 0.6) is 0 Å². The highest BCUT2D eigenvalue weighted by Gasteiger charge is 2.37. The van der Waals surface area contributed by atoms with Gasteiger partial charge in [0, 0.05) is 6.54 Å². The predicted octanol–water partition coefficient (Wildman–Crippen LogP) is -0.141. The molecule has 2 atom stereocenters. The number of nitrogens with one attached hydrogen (secondary N) is 2. The van der Waals surface area contributed by atoms with Crippen LogP contribution >= 0.6 is 0 Å². The van der Waals surface area contributed by atoms with Crippen LogP contribution in [0.1, 0.15) is 5.56 Å². The van der Waals surface area contributed by atoms with Gasteiger partial charge in [-0.2, -0.15) is 0 Å². The number of likely N-dealkylation sites (tertiary alicyclic amines) is 1. The van der Waals surface area contributed by atoms with Crippen molar-refractivity contribution in [3.63, 3.8) is 0 Å². The standard InChI is InChI=1S/C13H15N5O4/c14-17-16-11-7-18(13(20)21)6-10(11)15-12(19)22-8-9-4-2-1-3-5-9/h1-5,10-11,14H,6-8H2,(H-,15,19,20,21). The van der Waals surface area contributed by atoms with Gasteiger partial charge in [0.2, 0.25) is 4.91 Å². The number of amides is 2. The van der Waals surface area contributed by atoms with Crippen LogP contribution in [0.3, 0.4) is 0 Å². The van der Waals surface area contributed by atoms with E-state index in [0.717, 1.165) is 10.5 Å². The lowest BCUT2D eigenvalue weighted by atomic mass is 10.2. The molecule has 2 unspecified atom stereocenters. The largest absolute Gasteiger partial charge is 0.530 e. The summed E-state index contributed by atoms with van der Waals surface area (Å²) in [5.74, 6) is 0. The summed E-state index contributed by atoms with van der Waals surface area (Å²) in [5, 5.41) is 17.0. The van der Waals surface area contributed by atoms with Gasteiger partial charge in [0.05, 0.1) is 12.6 Å². The minimum absolute atomic E-state index is 0.0203. The molecule has 1 fully saturated rings. The fourth-order valence-electron chi connectivity index (χ4n) is 2.18. The highest BCUT2D eigenvalue weighted by molar-refractivity contribution is 5.68.